The fourth-order valence-corrected chi connectivity index (χ4v) is 5.01. The number of nitrogens with one attached hydrogen (secondary N) is 2. The van der Waals surface area contributed by atoms with Crippen LogP contribution in [0.5, 0.6) is 0 Å². The number of urea groups is 1. The molecule has 9 nitrogen and oxygen atoms in total. The summed E-state index contributed by atoms with van der Waals surface area (Å²) < 4.78 is 1.93. The molecule has 3 aromatic carbocycles. The number of hydrogen-bond acceptors (Lipinski definition) is 5. The number of rotatable bonds is 6. The molecule has 3 heterocycles. The van der Waals surface area contributed by atoms with Gasteiger partial charge >= 0.3 is 6.03 Å². The smallest absolute Gasteiger partial charge is 0.321 e. The van der Waals surface area contributed by atoms with Crippen molar-refractivity contribution in [3.05, 3.63) is 90.1 Å². The minimum Gasteiger partial charge on any atom is -0.378 e. The van der Waals surface area contributed by atoms with Crippen molar-refractivity contribution < 1.29 is 4.79 Å². The number of anilines is 3. The van der Waals surface area contributed by atoms with Gasteiger partial charge in [-0.15, -0.1) is 0 Å². The summed E-state index contributed by atoms with van der Waals surface area (Å²) >= 11 is 0. The standard InChI is InChI=1S/C31H34N8O/c1-22-4-6-23(7-5-22)21-39-30-28(20-32-39)34-29(35-30)24-8-12-27(13-9-24)37-16-18-38(19-17-37)31(40)33-25-10-14-26(15-11-25)36(2)3/h4-15,20H,16-19,21H2,1-3H3,(H,33,40)(H,34,35). The summed E-state index contributed by atoms with van der Waals surface area (Å²) in [6, 6.07) is 24.8. The van der Waals surface area contributed by atoms with Gasteiger partial charge in [-0.05, 0) is 61.0 Å². The van der Waals surface area contributed by atoms with Crippen LogP contribution in [-0.2, 0) is 6.54 Å². The van der Waals surface area contributed by atoms with Crippen LogP contribution < -0.4 is 15.1 Å². The van der Waals surface area contributed by atoms with Gasteiger partial charge in [-0.2, -0.15) is 5.10 Å². The van der Waals surface area contributed by atoms with Crippen molar-refractivity contribution in [1.82, 2.24) is 24.6 Å². The van der Waals surface area contributed by atoms with E-state index in [2.05, 4.69) is 75.8 Å². The largest absolute Gasteiger partial charge is 0.378 e. The number of amides is 2. The first-order chi connectivity index (χ1) is 19.4. The molecule has 1 aliphatic heterocycles. The Morgan fingerprint density at radius 3 is 2.30 bits per heavy atom. The van der Waals surface area contributed by atoms with Gasteiger partial charge in [0.1, 0.15) is 11.3 Å². The molecule has 9 heteroatoms. The molecule has 204 valence electrons. The van der Waals surface area contributed by atoms with E-state index in [9.17, 15) is 4.79 Å². The fraction of sp³-hybridized carbons (Fsp3) is 0.258. The van der Waals surface area contributed by atoms with Crippen molar-refractivity contribution in [1.29, 1.82) is 0 Å². The molecular formula is C31H34N8O. The zero-order valence-corrected chi connectivity index (χ0v) is 23.1. The number of hydrogen-bond donors (Lipinski definition) is 2. The summed E-state index contributed by atoms with van der Waals surface area (Å²) in [6.45, 7) is 5.68. The molecule has 0 radical (unpaired) electrons. The van der Waals surface area contributed by atoms with Crippen molar-refractivity contribution >= 4 is 34.3 Å². The molecule has 0 unspecified atom stereocenters. The number of aryl methyl sites for hydroxylation is 1. The maximum atomic E-state index is 12.8. The highest BCUT2D eigenvalue weighted by atomic mass is 16.2. The number of carbonyl (C=O) groups is 1. The lowest BCUT2D eigenvalue weighted by Crippen LogP contribution is -2.50. The summed E-state index contributed by atoms with van der Waals surface area (Å²) in [7, 11) is 4.00. The minimum atomic E-state index is -0.0570. The van der Waals surface area contributed by atoms with Crippen LogP contribution in [0.4, 0.5) is 21.9 Å². The van der Waals surface area contributed by atoms with E-state index in [4.69, 9.17) is 4.98 Å². The van der Waals surface area contributed by atoms with Gasteiger partial charge in [0, 0.05) is 62.9 Å². The van der Waals surface area contributed by atoms with Crippen LogP contribution in [0.25, 0.3) is 22.6 Å². The van der Waals surface area contributed by atoms with Crippen molar-refractivity contribution in [2.45, 2.75) is 13.5 Å². The van der Waals surface area contributed by atoms with E-state index in [1.807, 2.05) is 59.0 Å². The first kappa shape index (κ1) is 25.5. The van der Waals surface area contributed by atoms with E-state index < -0.39 is 0 Å². The Morgan fingerprint density at radius 1 is 0.925 bits per heavy atom. The normalized spacial score (nSPS) is 13.6. The quantitative estimate of drug-likeness (QED) is 0.313. The second kappa shape index (κ2) is 10.8. The Morgan fingerprint density at radius 2 is 1.62 bits per heavy atom. The molecule has 0 aliphatic carbocycles. The highest BCUT2D eigenvalue weighted by molar-refractivity contribution is 5.89. The van der Waals surface area contributed by atoms with Gasteiger partial charge in [-0.3, -0.25) is 0 Å². The first-order valence-electron chi connectivity index (χ1n) is 13.6. The van der Waals surface area contributed by atoms with Crippen molar-refractivity contribution in [2.75, 3.05) is 55.4 Å². The number of benzene rings is 3. The second-order valence-electron chi connectivity index (χ2n) is 10.5. The topological polar surface area (TPSA) is 85.3 Å². The number of nitrogens with zero attached hydrogens (tertiary/aromatic N) is 6. The van der Waals surface area contributed by atoms with Crippen LogP contribution in [0.1, 0.15) is 11.1 Å². The maximum Gasteiger partial charge on any atom is 0.321 e. The number of H-pyrrole nitrogens is 1. The molecule has 0 saturated carbocycles. The van der Waals surface area contributed by atoms with Crippen LogP contribution in [0.15, 0.2) is 79.0 Å². The lowest BCUT2D eigenvalue weighted by molar-refractivity contribution is 0.208. The zero-order chi connectivity index (χ0) is 27.6. The van der Waals surface area contributed by atoms with Crippen LogP contribution in [0, 0.1) is 6.92 Å². The molecule has 5 aromatic rings. The number of imidazole rings is 1. The van der Waals surface area contributed by atoms with Crippen LogP contribution in [0.3, 0.4) is 0 Å². The molecule has 0 bridgehead atoms. The molecular weight excluding hydrogens is 500 g/mol. The SMILES string of the molecule is Cc1ccc(Cn2ncc3[nH]c(-c4ccc(N5CCN(C(=O)Nc6ccc(N(C)C)cc6)CC5)cc4)nc32)cc1. The van der Waals surface area contributed by atoms with Gasteiger partial charge < -0.3 is 25.0 Å². The zero-order valence-electron chi connectivity index (χ0n) is 23.1. The number of aromatic amines is 1. The van der Waals surface area contributed by atoms with Crippen molar-refractivity contribution in [3.63, 3.8) is 0 Å². The Bertz CT molecular complexity index is 1590. The third-order valence-electron chi connectivity index (χ3n) is 7.44. The summed E-state index contributed by atoms with van der Waals surface area (Å²) in [5.41, 5.74) is 8.29. The Labute approximate surface area is 234 Å². The molecule has 2 N–H and O–H groups in total. The number of carbonyl (C=O) groups excluding carboxylic acids is 1. The summed E-state index contributed by atoms with van der Waals surface area (Å²) in [4.78, 5) is 27.3. The minimum absolute atomic E-state index is 0.0570. The van der Waals surface area contributed by atoms with Gasteiger partial charge in [-0.1, -0.05) is 29.8 Å². The second-order valence-corrected chi connectivity index (χ2v) is 10.5. The summed E-state index contributed by atoms with van der Waals surface area (Å²) in [5, 5.41) is 7.54. The Kier molecular flexibility index (Phi) is 6.86. The van der Waals surface area contributed by atoms with Gasteiger partial charge in [-0.25, -0.2) is 14.5 Å². The average molecular weight is 535 g/mol. The van der Waals surface area contributed by atoms with E-state index in [-0.39, 0.29) is 6.03 Å². The van der Waals surface area contributed by atoms with Gasteiger partial charge in [0.2, 0.25) is 0 Å². The van der Waals surface area contributed by atoms with E-state index >= 15 is 0 Å². The average Bonchev–Trinajstić information content (AvgIpc) is 3.57. The molecule has 1 saturated heterocycles. The third-order valence-corrected chi connectivity index (χ3v) is 7.44. The monoisotopic (exact) mass is 534 g/mol. The van der Waals surface area contributed by atoms with Gasteiger partial charge in [0.05, 0.1) is 12.7 Å². The summed E-state index contributed by atoms with van der Waals surface area (Å²) in [6.07, 6.45) is 1.84. The predicted octanol–water partition coefficient (Wildman–Crippen LogP) is 5.20. The van der Waals surface area contributed by atoms with E-state index in [1.165, 1.54) is 11.1 Å². The van der Waals surface area contributed by atoms with Crippen LogP contribution >= 0.6 is 0 Å². The molecule has 2 aromatic heterocycles. The highest BCUT2D eigenvalue weighted by Gasteiger charge is 2.22. The number of fused-ring (bicyclic) bond motifs is 1. The van der Waals surface area contributed by atoms with Gasteiger partial charge in [0.25, 0.3) is 0 Å². The molecule has 0 atom stereocenters. The fourth-order valence-electron chi connectivity index (χ4n) is 5.01. The van der Waals surface area contributed by atoms with Gasteiger partial charge in [0.15, 0.2) is 5.65 Å². The highest BCUT2D eigenvalue weighted by Crippen LogP contribution is 2.25. The van der Waals surface area contributed by atoms with Crippen LogP contribution in [-0.4, -0.2) is 71.0 Å². The summed E-state index contributed by atoms with van der Waals surface area (Å²) in [5.74, 6) is 0.830. The Balaban J connectivity index is 1.06. The molecule has 6 rings (SSSR count). The van der Waals surface area contributed by atoms with E-state index in [0.29, 0.717) is 19.6 Å². The molecule has 1 fully saturated rings. The lowest BCUT2D eigenvalue weighted by atomic mass is 10.1. The van der Waals surface area contributed by atoms with Crippen molar-refractivity contribution in [3.8, 4) is 11.4 Å². The molecule has 0 spiro atoms. The first-order valence-corrected chi connectivity index (χ1v) is 13.6. The van der Waals surface area contributed by atoms with Crippen LogP contribution in [0.2, 0.25) is 0 Å². The molecule has 2 amide bonds. The van der Waals surface area contributed by atoms with Crippen molar-refractivity contribution in [2.24, 2.45) is 0 Å². The van der Waals surface area contributed by atoms with E-state index in [1.54, 1.807) is 0 Å². The molecule has 40 heavy (non-hydrogen) atoms. The number of aromatic nitrogens is 4. The molecule has 1 aliphatic rings. The predicted molar refractivity (Wildman–Crippen MR) is 161 cm³/mol. The lowest BCUT2D eigenvalue weighted by Gasteiger charge is -2.36. The Hall–Kier alpha value is -4.79. The number of piperazine rings is 1. The van der Waals surface area contributed by atoms with E-state index in [0.717, 1.165) is 52.7 Å². The maximum absolute atomic E-state index is 12.8. The third kappa shape index (κ3) is 5.36.